The maximum absolute atomic E-state index is 9.60. The summed E-state index contributed by atoms with van der Waals surface area (Å²) < 4.78 is 0. The molecule has 3 nitrogen and oxygen atoms in total. The van der Waals surface area contributed by atoms with Gasteiger partial charge in [-0.25, -0.2) is 0 Å². The third-order valence-electron chi connectivity index (χ3n) is 5.90. The maximum Gasteiger partial charge on any atom is 0.105 e. The third-order valence-corrected chi connectivity index (χ3v) is 5.90. The SMILES string of the molecule is CC(CC(C)(C#N)NC1CC1)N1CCCC1C1CCCC1. The number of likely N-dealkylation sites (tertiary alicyclic amines) is 1. The van der Waals surface area contributed by atoms with Gasteiger partial charge in [0.2, 0.25) is 0 Å². The Hall–Kier alpha value is -0.590. The zero-order valence-corrected chi connectivity index (χ0v) is 13.8. The molecule has 0 spiro atoms. The van der Waals surface area contributed by atoms with Crippen LogP contribution >= 0.6 is 0 Å². The van der Waals surface area contributed by atoms with Crippen LogP contribution in [0.25, 0.3) is 0 Å². The fraction of sp³-hybridized carbons (Fsp3) is 0.944. The molecule has 0 amide bonds. The van der Waals surface area contributed by atoms with Crippen LogP contribution in [0.1, 0.15) is 71.6 Å². The van der Waals surface area contributed by atoms with Crippen molar-refractivity contribution in [3.05, 3.63) is 0 Å². The zero-order chi connectivity index (χ0) is 14.9. The molecule has 1 N–H and O–H groups in total. The van der Waals surface area contributed by atoms with Crippen molar-refractivity contribution in [2.75, 3.05) is 6.54 Å². The predicted octanol–water partition coefficient (Wildman–Crippen LogP) is 3.45. The van der Waals surface area contributed by atoms with Crippen LogP contribution in [-0.4, -0.2) is 35.1 Å². The van der Waals surface area contributed by atoms with Crippen LogP contribution < -0.4 is 5.32 Å². The Morgan fingerprint density at radius 1 is 1.19 bits per heavy atom. The highest BCUT2D eigenvalue weighted by Crippen LogP contribution is 2.37. The Morgan fingerprint density at radius 3 is 2.52 bits per heavy atom. The highest BCUT2D eigenvalue weighted by molar-refractivity contribution is 5.09. The van der Waals surface area contributed by atoms with E-state index in [1.807, 2.05) is 0 Å². The molecule has 0 bridgehead atoms. The van der Waals surface area contributed by atoms with Crippen molar-refractivity contribution in [1.82, 2.24) is 10.2 Å². The normalized spacial score (nSPS) is 32.0. The van der Waals surface area contributed by atoms with E-state index < -0.39 is 0 Å². The lowest BCUT2D eigenvalue weighted by Crippen LogP contribution is -2.50. The summed E-state index contributed by atoms with van der Waals surface area (Å²) in [6, 6.07) is 4.47. The van der Waals surface area contributed by atoms with E-state index in [0.29, 0.717) is 12.1 Å². The molecule has 3 unspecified atom stereocenters. The molecule has 0 radical (unpaired) electrons. The summed E-state index contributed by atoms with van der Waals surface area (Å²) in [6.07, 6.45) is 11.9. The molecule has 3 rings (SSSR count). The molecule has 118 valence electrons. The minimum Gasteiger partial charge on any atom is -0.297 e. The summed E-state index contributed by atoms with van der Waals surface area (Å²) in [5, 5.41) is 13.2. The number of nitrogens with one attached hydrogen (secondary N) is 1. The summed E-state index contributed by atoms with van der Waals surface area (Å²) >= 11 is 0. The van der Waals surface area contributed by atoms with E-state index in [1.165, 1.54) is 57.9 Å². The molecule has 0 aromatic rings. The number of nitriles is 1. The molecular weight excluding hydrogens is 258 g/mol. The van der Waals surface area contributed by atoms with Gasteiger partial charge in [0.25, 0.3) is 0 Å². The van der Waals surface area contributed by atoms with Crippen molar-refractivity contribution in [3.63, 3.8) is 0 Å². The zero-order valence-electron chi connectivity index (χ0n) is 13.8. The standard InChI is InChI=1S/C18H31N3/c1-14(12-18(2,13-19)20-16-9-10-16)21-11-5-8-17(21)15-6-3-4-7-15/h14-17,20H,3-12H2,1-2H3. The molecule has 3 atom stereocenters. The quantitative estimate of drug-likeness (QED) is 0.814. The van der Waals surface area contributed by atoms with Gasteiger partial charge in [-0.15, -0.1) is 0 Å². The summed E-state index contributed by atoms with van der Waals surface area (Å²) in [7, 11) is 0. The van der Waals surface area contributed by atoms with Crippen molar-refractivity contribution >= 4 is 0 Å². The van der Waals surface area contributed by atoms with Crippen LogP contribution in [0, 0.1) is 17.2 Å². The van der Waals surface area contributed by atoms with E-state index in [4.69, 9.17) is 0 Å². The van der Waals surface area contributed by atoms with E-state index in [0.717, 1.165) is 18.4 Å². The van der Waals surface area contributed by atoms with Crippen molar-refractivity contribution in [2.45, 2.75) is 95.3 Å². The van der Waals surface area contributed by atoms with Crippen LogP contribution in [0.15, 0.2) is 0 Å². The van der Waals surface area contributed by atoms with E-state index in [1.54, 1.807) is 0 Å². The second kappa shape index (κ2) is 6.26. The Bertz CT molecular complexity index is 392. The Morgan fingerprint density at radius 2 is 1.90 bits per heavy atom. The Kier molecular flexibility index (Phi) is 4.57. The van der Waals surface area contributed by atoms with E-state index >= 15 is 0 Å². The minimum atomic E-state index is -0.344. The molecule has 1 heterocycles. The van der Waals surface area contributed by atoms with Crippen LogP contribution in [-0.2, 0) is 0 Å². The van der Waals surface area contributed by atoms with Crippen molar-refractivity contribution < 1.29 is 0 Å². The van der Waals surface area contributed by atoms with Crippen molar-refractivity contribution in [3.8, 4) is 6.07 Å². The lowest BCUT2D eigenvalue weighted by atomic mass is 9.91. The third kappa shape index (κ3) is 3.60. The van der Waals surface area contributed by atoms with Gasteiger partial charge < -0.3 is 0 Å². The average Bonchev–Trinajstić information content (AvgIpc) is 2.99. The van der Waals surface area contributed by atoms with E-state index in [-0.39, 0.29) is 5.54 Å². The number of hydrogen-bond donors (Lipinski definition) is 1. The summed E-state index contributed by atoms with van der Waals surface area (Å²) in [5.41, 5.74) is -0.344. The first-order valence-electron chi connectivity index (χ1n) is 9.06. The first-order chi connectivity index (χ1) is 10.1. The fourth-order valence-electron chi connectivity index (χ4n) is 4.73. The molecule has 2 saturated carbocycles. The lowest BCUT2D eigenvalue weighted by Gasteiger charge is -2.37. The van der Waals surface area contributed by atoms with E-state index in [2.05, 4.69) is 30.1 Å². The second-order valence-electron chi connectivity index (χ2n) is 7.91. The second-order valence-corrected chi connectivity index (χ2v) is 7.91. The highest BCUT2D eigenvalue weighted by Gasteiger charge is 2.39. The number of nitrogens with zero attached hydrogens (tertiary/aromatic N) is 2. The molecule has 0 aromatic carbocycles. The van der Waals surface area contributed by atoms with Gasteiger partial charge in [-0.05, 0) is 71.3 Å². The van der Waals surface area contributed by atoms with Crippen LogP contribution in [0.4, 0.5) is 0 Å². The van der Waals surface area contributed by atoms with Gasteiger partial charge in [0, 0.05) is 18.1 Å². The van der Waals surface area contributed by atoms with Crippen LogP contribution in [0.5, 0.6) is 0 Å². The Labute approximate surface area is 130 Å². The molecule has 21 heavy (non-hydrogen) atoms. The van der Waals surface area contributed by atoms with Gasteiger partial charge in [-0.1, -0.05) is 12.8 Å². The fourth-order valence-corrected chi connectivity index (χ4v) is 4.73. The Balaban J connectivity index is 1.60. The van der Waals surface area contributed by atoms with Gasteiger partial charge in [-0.3, -0.25) is 10.2 Å². The van der Waals surface area contributed by atoms with Crippen molar-refractivity contribution in [1.29, 1.82) is 5.26 Å². The minimum absolute atomic E-state index is 0.344. The first-order valence-corrected chi connectivity index (χ1v) is 9.06. The molecule has 3 aliphatic rings. The van der Waals surface area contributed by atoms with Gasteiger partial charge >= 0.3 is 0 Å². The molecule has 3 heteroatoms. The summed E-state index contributed by atoms with van der Waals surface area (Å²) in [4.78, 5) is 2.74. The molecule has 1 saturated heterocycles. The average molecular weight is 289 g/mol. The molecule has 0 aromatic heterocycles. The summed E-state index contributed by atoms with van der Waals surface area (Å²) in [6.45, 7) is 5.69. The van der Waals surface area contributed by atoms with Gasteiger partial charge in [0.05, 0.1) is 6.07 Å². The molecule has 1 aliphatic heterocycles. The molecule has 3 fully saturated rings. The highest BCUT2D eigenvalue weighted by atomic mass is 15.2. The largest absolute Gasteiger partial charge is 0.297 e. The van der Waals surface area contributed by atoms with Crippen molar-refractivity contribution in [2.24, 2.45) is 5.92 Å². The number of hydrogen-bond acceptors (Lipinski definition) is 3. The predicted molar refractivity (Wildman–Crippen MR) is 85.9 cm³/mol. The van der Waals surface area contributed by atoms with Gasteiger partial charge in [-0.2, -0.15) is 5.26 Å². The number of rotatable bonds is 6. The van der Waals surface area contributed by atoms with Crippen LogP contribution in [0.2, 0.25) is 0 Å². The van der Waals surface area contributed by atoms with Gasteiger partial charge in [0.15, 0.2) is 0 Å². The lowest BCUT2D eigenvalue weighted by molar-refractivity contribution is 0.123. The first kappa shape index (κ1) is 15.3. The van der Waals surface area contributed by atoms with E-state index in [9.17, 15) is 5.26 Å². The summed E-state index contributed by atoms with van der Waals surface area (Å²) in [5.74, 6) is 0.930. The van der Waals surface area contributed by atoms with Crippen LogP contribution in [0.3, 0.4) is 0 Å². The van der Waals surface area contributed by atoms with Gasteiger partial charge in [0.1, 0.15) is 5.54 Å². The molecule has 2 aliphatic carbocycles. The monoisotopic (exact) mass is 289 g/mol. The molecular formula is C18H31N3. The maximum atomic E-state index is 9.60. The smallest absolute Gasteiger partial charge is 0.105 e. The topological polar surface area (TPSA) is 39.1 Å².